The van der Waals surface area contributed by atoms with E-state index in [0.717, 1.165) is 12.8 Å². The summed E-state index contributed by atoms with van der Waals surface area (Å²) in [4.78, 5) is 34.3. The van der Waals surface area contributed by atoms with Crippen molar-refractivity contribution in [2.75, 3.05) is 0 Å². The SMILES string of the molecule is O=C(Cc1ccc(F)c(Br)c1)NNC(=O)C(=O)NC1CC1. The number of hydrogen-bond acceptors (Lipinski definition) is 3. The third-order valence-electron chi connectivity index (χ3n) is 2.78. The van der Waals surface area contributed by atoms with Crippen molar-refractivity contribution in [2.24, 2.45) is 0 Å². The number of benzene rings is 1. The lowest BCUT2D eigenvalue weighted by molar-refractivity contribution is -0.140. The van der Waals surface area contributed by atoms with Crippen LogP contribution in [0.25, 0.3) is 0 Å². The second-order valence-electron chi connectivity index (χ2n) is 4.68. The molecule has 3 N–H and O–H groups in total. The molecule has 0 heterocycles. The summed E-state index contributed by atoms with van der Waals surface area (Å²) in [5.41, 5.74) is 4.72. The Kier molecular flexibility index (Phi) is 4.89. The smallest absolute Gasteiger partial charge is 0.327 e. The van der Waals surface area contributed by atoms with Crippen LogP contribution in [0.3, 0.4) is 0 Å². The van der Waals surface area contributed by atoms with Crippen LogP contribution >= 0.6 is 15.9 Å². The van der Waals surface area contributed by atoms with Crippen LogP contribution in [0, 0.1) is 5.82 Å². The van der Waals surface area contributed by atoms with E-state index in [1.54, 1.807) is 0 Å². The lowest BCUT2D eigenvalue weighted by Gasteiger charge is -2.07. The summed E-state index contributed by atoms with van der Waals surface area (Å²) >= 11 is 3.02. The Bertz CT molecular complexity index is 590. The van der Waals surface area contributed by atoms with Gasteiger partial charge in [0.25, 0.3) is 0 Å². The molecule has 0 unspecified atom stereocenters. The molecular formula is C13H13BrFN3O3. The van der Waals surface area contributed by atoms with E-state index in [1.807, 2.05) is 5.43 Å². The van der Waals surface area contributed by atoms with E-state index in [4.69, 9.17) is 0 Å². The molecule has 2 rings (SSSR count). The number of carbonyl (C=O) groups is 3. The molecule has 0 spiro atoms. The van der Waals surface area contributed by atoms with Crippen LogP contribution in [0.1, 0.15) is 18.4 Å². The van der Waals surface area contributed by atoms with E-state index < -0.39 is 23.5 Å². The quantitative estimate of drug-likeness (QED) is 0.545. The summed E-state index contributed by atoms with van der Waals surface area (Å²) < 4.78 is 13.3. The molecule has 0 bridgehead atoms. The zero-order valence-electron chi connectivity index (χ0n) is 10.9. The second-order valence-corrected chi connectivity index (χ2v) is 5.53. The lowest BCUT2D eigenvalue weighted by atomic mass is 10.1. The van der Waals surface area contributed by atoms with Gasteiger partial charge in [0, 0.05) is 6.04 Å². The molecule has 21 heavy (non-hydrogen) atoms. The minimum Gasteiger partial charge on any atom is -0.345 e. The second kappa shape index (κ2) is 6.66. The van der Waals surface area contributed by atoms with Gasteiger partial charge < -0.3 is 5.32 Å². The summed E-state index contributed by atoms with van der Waals surface area (Å²) in [5.74, 6) is -2.64. The van der Waals surface area contributed by atoms with E-state index in [9.17, 15) is 18.8 Å². The number of hydrazine groups is 1. The van der Waals surface area contributed by atoms with E-state index in [-0.39, 0.29) is 16.9 Å². The molecule has 1 aromatic rings. The molecule has 6 nitrogen and oxygen atoms in total. The Hall–Kier alpha value is -1.96. The van der Waals surface area contributed by atoms with Crippen molar-refractivity contribution in [2.45, 2.75) is 25.3 Å². The van der Waals surface area contributed by atoms with Crippen LogP contribution in [0.5, 0.6) is 0 Å². The Morgan fingerprint density at radius 1 is 1.19 bits per heavy atom. The van der Waals surface area contributed by atoms with Gasteiger partial charge >= 0.3 is 11.8 Å². The molecular weight excluding hydrogens is 345 g/mol. The first kappa shape index (κ1) is 15.4. The maximum atomic E-state index is 13.0. The molecule has 8 heteroatoms. The van der Waals surface area contributed by atoms with Crippen molar-refractivity contribution in [3.05, 3.63) is 34.1 Å². The summed E-state index contributed by atoms with van der Waals surface area (Å²) in [6, 6.07) is 4.22. The Morgan fingerprint density at radius 3 is 2.52 bits per heavy atom. The zero-order valence-corrected chi connectivity index (χ0v) is 12.5. The van der Waals surface area contributed by atoms with Crippen molar-refractivity contribution in [1.82, 2.24) is 16.2 Å². The van der Waals surface area contributed by atoms with E-state index in [2.05, 4.69) is 26.7 Å². The first-order chi connectivity index (χ1) is 9.95. The van der Waals surface area contributed by atoms with E-state index in [0.29, 0.717) is 5.56 Å². The topological polar surface area (TPSA) is 87.3 Å². The highest BCUT2D eigenvalue weighted by Crippen LogP contribution is 2.18. The maximum absolute atomic E-state index is 13.0. The highest BCUT2D eigenvalue weighted by molar-refractivity contribution is 9.10. The number of halogens is 2. The largest absolute Gasteiger partial charge is 0.345 e. The number of rotatable bonds is 3. The molecule has 1 saturated carbocycles. The van der Waals surface area contributed by atoms with Crippen molar-refractivity contribution in [3.8, 4) is 0 Å². The van der Waals surface area contributed by atoms with Gasteiger partial charge in [0.15, 0.2) is 0 Å². The zero-order chi connectivity index (χ0) is 15.4. The van der Waals surface area contributed by atoms with Crippen LogP contribution < -0.4 is 16.2 Å². The molecule has 3 amide bonds. The van der Waals surface area contributed by atoms with Gasteiger partial charge in [0.1, 0.15) is 5.82 Å². The minimum atomic E-state index is -0.921. The van der Waals surface area contributed by atoms with Crippen molar-refractivity contribution in [3.63, 3.8) is 0 Å². The average Bonchev–Trinajstić information content (AvgIpc) is 3.24. The molecule has 1 fully saturated rings. The number of amides is 3. The van der Waals surface area contributed by atoms with Gasteiger partial charge in [-0.1, -0.05) is 6.07 Å². The predicted octanol–water partition coefficient (Wildman–Crippen LogP) is 0.557. The van der Waals surface area contributed by atoms with Crippen LogP contribution in [0.4, 0.5) is 4.39 Å². The highest BCUT2D eigenvalue weighted by atomic mass is 79.9. The molecule has 1 aromatic carbocycles. The third-order valence-corrected chi connectivity index (χ3v) is 3.39. The minimum absolute atomic E-state index is 0.0522. The van der Waals surface area contributed by atoms with Gasteiger partial charge in [-0.05, 0) is 46.5 Å². The third kappa shape index (κ3) is 4.82. The standard InChI is InChI=1S/C13H13BrFN3O3/c14-9-5-7(1-4-10(9)15)6-11(19)17-18-13(21)12(20)16-8-2-3-8/h1,4-5,8H,2-3,6H2,(H,16,20)(H,17,19)(H,18,21). The molecule has 112 valence electrons. The first-order valence-corrected chi connectivity index (χ1v) is 7.08. The van der Waals surface area contributed by atoms with Crippen LogP contribution in [0.2, 0.25) is 0 Å². The first-order valence-electron chi connectivity index (χ1n) is 6.29. The molecule has 1 aliphatic carbocycles. The Balaban J connectivity index is 1.77. The summed E-state index contributed by atoms with van der Waals surface area (Å²) in [7, 11) is 0. The van der Waals surface area contributed by atoms with Gasteiger partial charge in [-0.15, -0.1) is 0 Å². The van der Waals surface area contributed by atoms with E-state index in [1.165, 1.54) is 18.2 Å². The molecule has 0 atom stereocenters. The Labute approximate surface area is 128 Å². The summed E-state index contributed by atoms with van der Waals surface area (Å²) in [6.45, 7) is 0. The van der Waals surface area contributed by atoms with Gasteiger partial charge in [-0.25, -0.2) is 4.39 Å². The maximum Gasteiger partial charge on any atom is 0.327 e. The highest BCUT2D eigenvalue weighted by Gasteiger charge is 2.26. The lowest BCUT2D eigenvalue weighted by Crippen LogP contribution is -2.49. The fourth-order valence-electron chi connectivity index (χ4n) is 1.54. The monoisotopic (exact) mass is 357 g/mol. The fourth-order valence-corrected chi connectivity index (χ4v) is 1.97. The normalized spacial score (nSPS) is 13.4. The summed E-state index contributed by atoms with van der Waals surface area (Å²) in [5, 5.41) is 2.49. The van der Waals surface area contributed by atoms with Gasteiger partial charge in [-0.3, -0.25) is 25.2 Å². The van der Waals surface area contributed by atoms with Crippen LogP contribution in [0.15, 0.2) is 22.7 Å². The Morgan fingerprint density at radius 2 is 1.90 bits per heavy atom. The average molecular weight is 358 g/mol. The van der Waals surface area contributed by atoms with E-state index >= 15 is 0 Å². The van der Waals surface area contributed by atoms with Gasteiger partial charge in [0.05, 0.1) is 10.9 Å². The number of carbonyl (C=O) groups excluding carboxylic acids is 3. The van der Waals surface area contributed by atoms with Crippen molar-refractivity contribution >= 4 is 33.7 Å². The van der Waals surface area contributed by atoms with Crippen LogP contribution in [-0.2, 0) is 20.8 Å². The number of hydrogen-bond donors (Lipinski definition) is 3. The van der Waals surface area contributed by atoms with Gasteiger partial charge in [-0.2, -0.15) is 0 Å². The number of nitrogens with one attached hydrogen (secondary N) is 3. The van der Waals surface area contributed by atoms with Gasteiger partial charge in [0.2, 0.25) is 5.91 Å². The summed E-state index contributed by atoms with van der Waals surface area (Å²) in [6.07, 6.45) is 1.68. The van der Waals surface area contributed by atoms with Crippen LogP contribution in [-0.4, -0.2) is 23.8 Å². The molecule has 0 saturated heterocycles. The molecule has 0 aromatic heterocycles. The molecule has 0 radical (unpaired) electrons. The van der Waals surface area contributed by atoms with Crippen molar-refractivity contribution < 1.29 is 18.8 Å². The van der Waals surface area contributed by atoms with Crippen molar-refractivity contribution in [1.29, 1.82) is 0 Å². The predicted molar refractivity (Wildman–Crippen MR) is 75.3 cm³/mol. The molecule has 0 aliphatic heterocycles. The molecule has 1 aliphatic rings. The fraction of sp³-hybridized carbons (Fsp3) is 0.308.